The first-order chi connectivity index (χ1) is 12.9. The summed E-state index contributed by atoms with van der Waals surface area (Å²) in [4.78, 5) is 22.3. The number of esters is 2. The molecule has 0 saturated heterocycles. The van der Waals surface area contributed by atoms with E-state index in [-0.39, 0.29) is 5.75 Å². The predicted molar refractivity (Wildman–Crippen MR) is 98.3 cm³/mol. The number of benzene rings is 2. The molecule has 0 aliphatic carbocycles. The molecule has 0 atom stereocenters. The molecular weight excluding hydrogens is 351 g/mol. The van der Waals surface area contributed by atoms with Gasteiger partial charge in [-0.25, -0.2) is 14.0 Å². The molecule has 0 heterocycles. The molecule has 0 bridgehead atoms. The third kappa shape index (κ3) is 5.67. The van der Waals surface area contributed by atoms with Gasteiger partial charge in [-0.2, -0.15) is 0 Å². The van der Waals surface area contributed by atoms with Gasteiger partial charge >= 0.3 is 11.9 Å². The Kier molecular flexibility index (Phi) is 6.66. The molecule has 0 aromatic heterocycles. The third-order valence-electron chi connectivity index (χ3n) is 3.28. The normalized spacial score (nSPS) is 10.3. The first-order valence-electron chi connectivity index (χ1n) is 7.83. The molecule has 0 fully saturated rings. The molecule has 0 radical (unpaired) electrons. The van der Waals surface area contributed by atoms with Gasteiger partial charge in [0.15, 0.2) is 11.6 Å². The largest absolute Gasteiger partial charge is 0.459 e. The van der Waals surface area contributed by atoms with Gasteiger partial charge in [-0.15, -0.1) is 0 Å². The highest BCUT2D eigenvalue weighted by atomic mass is 19.1. The highest BCUT2D eigenvalue weighted by Crippen LogP contribution is 2.27. The Hall–Kier alpha value is -3.67. The van der Waals surface area contributed by atoms with Crippen LogP contribution in [0.5, 0.6) is 11.5 Å². The summed E-state index contributed by atoms with van der Waals surface area (Å²) in [6.45, 7) is 8.31. The fraction of sp³-hybridized carbons (Fsp3) is 0.0476. The van der Waals surface area contributed by atoms with E-state index in [4.69, 9.17) is 9.47 Å². The fourth-order valence-corrected chi connectivity index (χ4v) is 1.93. The Morgan fingerprint density at radius 3 is 2.30 bits per heavy atom. The van der Waals surface area contributed by atoms with Crippen molar-refractivity contribution in [1.82, 2.24) is 0 Å². The number of hydrogen-bond donors (Lipinski definition) is 0. The van der Waals surface area contributed by atoms with E-state index < -0.39 is 17.8 Å². The van der Waals surface area contributed by atoms with Gasteiger partial charge in [0.05, 0.1) is 0 Å². The van der Waals surface area contributed by atoms with Gasteiger partial charge in [-0.05, 0) is 42.3 Å². The maximum absolute atomic E-state index is 14.2. The van der Waals surface area contributed by atoms with Crippen LogP contribution in [0.1, 0.15) is 6.92 Å². The van der Waals surface area contributed by atoms with Crippen molar-refractivity contribution < 1.29 is 28.2 Å². The maximum atomic E-state index is 14.2. The standard InChI is InChI=1S/C21H17FO5/c1-4-20(23)26-12-11-25-19-10-7-16(13-18(19)22)15-5-8-17(9-6-15)27-21(24)14(2)3/h4-13H,1-2H2,3H3. The number of ether oxygens (including phenoxy) is 3. The Labute approximate surface area is 156 Å². The number of rotatable bonds is 7. The Bertz CT molecular complexity index is 897. The number of hydrogen-bond acceptors (Lipinski definition) is 5. The minimum atomic E-state index is -0.650. The van der Waals surface area contributed by atoms with Crippen LogP contribution in [-0.2, 0) is 14.3 Å². The molecule has 0 aliphatic heterocycles. The second-order valence-electron chi connectivity index (χ2n) is 5.37. The Morgan fingerprint density at radius 2 is 1.70 bits per heavy atom. The molecular formula is C21H17FO5. The quantitative estimate of drug-likeness (QED) is 0.310. The van der Waals surface area contributed by atoms with Crippen molar-refractivity contribution in [2.75, 3.05) is 0 Å². The zero-order valence-electron chi connectivity index (χ0n) is 14.6. The smallest absolute Gasteiger partial charge is 0.338 e. The van der Waals surface area contributed by atoms with Gasteiger partial charge in [0, 0.05) is 11.6 Å². The minimum Gasteiger partial charge on any atom is -0.459 e. The molecule has 0 saturated carbocycles. The molecule has 27 heavy (non-hydrogen) atoms. The summed E-state index contributed by atoms with van der Waals surface area (Å²) >= 11 is 0. The molecule has 2 aromatic carbocycles. The van der Waals surface area contributed by atoms with Gasteiger partial charge in [0.2, 0.25) is 0 Å². The van der Waals surface area contributed by atoms with Gasteiger partial charge < -0.3 is 14.2 Å². The first kappa shape index (κ1) is 19.7. The summed E-state index contributed by atoms with van der Waals surface area (Å²) < 4.78 is 28.9. The molecule has 2 rings (SSSR count). The highest BCUT2D eigenvalue weighted by Gasteiger charge is 2.08. The number of carbonyl (C=O) groups excluding carboxylic acids is 2. The Morgan fingerprint density at radius 1 is 1.04 bits per heavy atom. The summed E-state index contributed by atoms with van der Waals surface area (Å²) in [5.74, 6) is -1.42. The second kappa shape index (κ2) is 9.15. The van der Waals surface area contributed by atoms with Crippen LogP contribution in [0.4, 0.5) is 4.39 Å². The van der Waals surface area contributed by atoms with Crippen molar-refractivity contribution in [2.24, 2.45) is 0 Å². The lowest BCUT2D eigenvalue weighted by Crippen LogP contribution is -2.07. The summed E-state index contributed by atoms with van der Waals surface area (Å²) in [7, 11) is 0. The van der Waals surface area contributed by atoms with E-state index in [0.717, 1.165) is 24.2 Å². The lowest BCUT2D eigenvalue weighted by Gasteiger charge is -2.07. The van der Waals surface area contributed by atoms with E-state index in [1.807, 2.05) is 0 Å². The molecule has 6 heteroatoms. The van der Waals surface area contributed by atoms with Crippen molar-refractivity contribution in [3.8, 4) is 22.6 Å². The molecule has 138 valence electrons. The average Bonchev–Trinajstić information content (AvgIpc) is 2.66. The molecule has 0 aliphatic rings. The molecule has 0 unspecified atom stereocenters. The number of halogens is 1. The van der Waals surface area contributed by atoms with Crippen molar-refractivity contribution in [1.29, 1.82) is 0 Å². The van der Waals surface area contributed by atoms with Crippen LogP contribution in [0.15, 0.2) is 79.8 Å². The summed E-state index contributed by atoms with van der Waals surface area (Å²) in [6.07, 6.45) is 3.02. The molecule has 0 spiro atoms. The summed E-state index contributed by atoms with van der Waals surface area (Å²) in [5.41, 5.74) is 1.63. The summed E-state index contributed by atoms with van der Waals surface area (Å²) in [6, 6.07) is 11.0. The topological polar surface area (TPSA) is 61.8 Å². The van der Waals surface area contributed by atoms with E-state index >= 15 is 0 Å². The SMILES string of the molecule is C=CC(=O)OC=COc1ccc(-c2ccc(OC(=O)C(=C)C)cc2)cc1F. The van der Waals surface area contributed by atoms with Crippen LogP contribution < -0.4 is 9.47 Å². The molecule has 5 nitrogen and oxygen atoms in total. The van der Waals surface area contributed by atoms with E-state index in [2.05, 4.69) is 17.9 Å². The van der Waals surface area contributed by atoms with Gasteiger partial charge in [0.25, 0.3) is 0 Å². The minimum absolute atomic E-state index is 0.0309. The van der Waals surface area contributed by atoms with Crippen LogP contribution in [0.3, 0.4) is 0 Å². The van der Waals surface area contributed by atoms with Crippen LogP contribution in [0.2, 0.25) is 0 Å². The molecule has 0 N–H and O–H groups in total. The van der Waals surface area contributed by atoms with Crippen molar-refractivity contribution in [3.63, 3.8) is 0 Å². The lowest BCUT2D eigenvalue weighted by atomic mass is 10.1. The van der Waals surface area contributed by atoms with Crippen LogP contribution in [0, 0.1) is 5.82 Å². The third-order valence-corrected chi connectivity index (χ3v) is 3.28. The van der Waals surface area contributed by atoms with Crippen molar-refractivity contribution in [2.45, 2.75) is 6.92 Å². The highest BCUT2D eigenvalue weighted by molar-refractivity contribution is 5.88. The predicted octanol–water partition coefficient (Wildman–Crippen LogP) is 4.55. The Balaban J connectivity index is 2.06. The van der Waals surface area contributed by atoms with Crippen molar-refractivity contribution >= 4 is 11.9 Å². The van der Waals surface area contributed by atoms with E-state index in [1.165, 1.54) is 12.1 Å². The lowest BCUT2D eigenvalue weighted by molar-refractivity contribution is -0.132. The van der Waals surface area contributed by atoms with Gasteiger partial charge in [-0.3, -0.25) is 0 Å². The van der Waals surface area contributed by atoms with Gasteiger partial charge in [0.1, 0.15) is 18.3 Å². The zero-order chi connectivity index (χ0) is 19.8. The van der Waals surface area contributed by atoms with Gasteiger partial charge in [-0.1, -0.05) is 31.4 Å². The average molecular weight is 368 g/mol. The zero-order valence-corrected chi connectivity index (χ0v) is 14.6. The van der Waals surface area contributed by atoms with E-state index in [0.29, 0.717) is 16.9 Å². The monoisotopic (exact) mass is 368 g/mol. The van der Waals surface area contributed by atoms with E-state index in [9.17, 15) is 14.0 Å². The number of carbonyl (C=O) groups is 2. The fourth-order valence-electron chi connectivity index (χ4n) is 1.93. The molecule has 2 aromatic rings. The van der Waals surface area contributed by atoms with Crippen molar-refractivity contribution in [3.05, 3.63) is 85.6 Å². The first-order valence-corrected chi connectivity index (χ1v) is 7.83. The maximum Gasteiger partial charge on any atom is 0.338 e. The van der Waals surface area contributed by atoms with E-state index in [1.54, 1.807) is 37.3 Å². The van der Waals surface area contributed by atoms with Crippen LogP contribution in [0.25, 0.3) is 11.1 Å². The second-order valence-corrected chi connectivity index (χ2v) is 5.37. The van der Waals surface area contributed by atoms with Crippen LogP contribution in [-0.4, -0.2) is 11.9 Å². The molecule has 0 amide bonds. The van der Waals surface area contributed by atoms with Crippen LogP contribution >= 0.6 is 0 Å². The summed E-state index contributed by atoms with van der Waals surface area (Å²) in [5, 5.41) is 0.